The number of halogens is 2. The molecule has 0 aliphatic rings. The maximum absolute atomic E-state index is 14.0. The van der Waals surface area contributed by atoms with Gasteiger partial charge in [-0.25, -0.2) is 0 Å². The lowest BCUT2D eigenvalue weighted by Crippen LogP contribution is -2.23. The molecule has 0 saturated heterocycles. The first-order valence-corrected chi connectivity index (χ1v) is 8.20. The summed E-state index contributed by atoms with van der Waals surface area (Å²) in [4.78, 5) is 0. The summed E-state index contributed by atoms with van der Waals surface area (Å²) < 4.78 is 32.8. The van der Waals surface area contributed by atoms with E-state index in [2.05, 4.69) is 13.8 Å². The third-order valence-corrected chi connectivity index (χ3v) is 3.85. The van der Waals surface area contributed by atoms with Crippen LogP contribution in [0.15, 0.2) is 48.5 Å². The lowest BCUT2D eigenvalue weighted by Gasteiger charge is -2.17. The number of benzene rings is 2. The predicted molar refractivity (Wildman–Crippen MR) is 89.7 cm³/mol. The molecule has 0 bridgehead atoms. The zero-order valence-corrected chi connectivity index (χ0v) is 13.8. The molecule has 0 heterocycles. The van der Waals surface area contributed by atoms with Crippen molar-refractivity contribution in [2.24, 2.45) is 0 Å². The van der Waals surface area contributed by atoms with Crippen molar-refractivity contribution in [1.82, 2.24) is 0 Å². The van der Waals surface area contributed by atoms with E-state index >= 15 is 0 Å². The van der Waals surface area contributed by atoms with Crippen LogP contribution in [0.1, 0.15) is 42.5 Å². The van der Waals surface area contributed by atoms with Crippen LogP contribution in [0.3, 0.4) is 0 Å². The van der Waals surface area contributed by atoms with E-state index in [1.165, 1.54) is 11.1 Å². The molecule has 0 saturated carbocycles. The van der Waals surface area contributed by atoms with E-state index in [1.54, 1.807) is 12.1 Å². The molecule has 0 fully saturated rings. The average molecular weight is 318 g/mol. The molecule has 1 nitrogen and oxygen atoms in total. The second kappa shape index (κ2) is 8.21. The highest BCUT2D eigenvalue weighted by Crippen LogP contribution is 2.24. The molecule has 0 aliphatic heterocycles. The fourth-order valence-electron chi connectivity index (χ4n) is 2.46. The molecule has 0 unspecified atom stereocenters. The SMILES string of the molecule is CCCc1ccc(CC(F)(F)OCc2ccc(CC)cc2)cc1. The normalized spacial score (nSPS) is 11.7. The van der Waals surface area contributed by atoms with Gasteiger partial charge >= 0.3 is 6.11 Å². The summed E-state index contributed by atoms with van der Waals surface area (Å²) in [5.41, 5.74) is 3.72. The predicted octanol–water partition coefficient (Wildman–Crippen LogP) is 5.55. The fraction of sp³-hybridized carbons (Fsp3) is 0.400. The Balaban J connectivity index is 1.89. The molecule has 0 amide bonds. The molecule has 3 heteroatoms. The van der Waals surface area contributed by atoms with Crippen LogP contribution in [0.5, 0.6) is 0 Å². The van der Waals surface area contributed by atoms with Gasteiger partial charge in [-0.2, -0.15) is 8.78 Å². The van der Waals surface area contributed by atoms with Crippen LogP contribution in [0, 0.1) is 0 Å². The van der Waals surface area contributed by atoms with Crippen molar-refractivity contribution in [2.45, 2.75) is 52.2 Å². The summed E-state index contributed by atoms with van der Waals surface area (Å²) in [7, 11) is 0. The van der Waals surface area contributed by atoms with Crippen molar-refractivity contribution in [3.05, 3.63) is 70.8 Å². The molecule has 0 aromatic heterocycles. The fourth-order valence-corrected chi connectivity index (χ4v) is 2.46. The van der Waals surface area contributed by atoms with Gasteiger partial charge < -0.3 is 4.74 Å². The molecule has 2 aromatic carbocycles. The Morgan fingerprint density at radius 1 is 0.783 bits per heavy atom. The molecule has 0 aliphatic carbocycles. The Hall–Kier alpha value is -1.74. The summed E-state index contributed by atoms with van der Waals surface area (Å²) in [6.07, 6.45) is -0.593. The van der Waals surface area contributed by atoms with E-state index in [1.807, 2.05) is 36.4 Å². The van der Waals surface area contributed by atoms with Crippen molar-refractivity contribution in [2.75, 3.05) is 0 Å². The zero-order chi connectivity index (χ0) is 16.7. The highest BCUT2D eigenvalue weighted by molar-refractivity contribution is 5.24. The maximum Gasteiger partial charge on any atom is 0.360 e. The molecule has 2 rings (SSSR count). The number of rotatable bonds is 8. The van der Waals surface area contributed by atoms with Gasteiger partial charge in [-0.05, 0) is 35.1 Å². The van der Waals surface area contributed by atoms with Crippen molar-refractivity contribution in [3.8, 4) is 0 Å². The molecule has 23 heavy (non-hydrogen) atoms. The highest BCUT2D eigenvalue weighted by Gasteiger charge is 2.30. The summed E-state index contributed by atoms with van der Waals surface area (Å²) in [6.45, 7) is 4.08. The molecule has 0 N–H and O–H groups in total. The third-order valence-electron chi connectivity index (χ3n) is 3.85. The standard InChI is InChI=1S/C20H24F2O/c1-3-5-17-8-10-18(11-9-17)14-20(21,22)23-15-19-12-6-16(4-2)7-13-19/h6-13H,3-5,14-15H2,1-2H3. The van der Waals surface area contributed by atoms with Crippen LogP contribution in [-0.2, 0) is 30.6 Å². The molecular formula is C20H24F2O. The van der Waals surface area contributed by atoms with Crippen molar-refractivity contribution in [1.29, 1.82) is 0 Å². The first-order chi connectivity index (χ1) is 11.0. The highest BCUT2D eigenvalue weighted by atomic mass is 19.3. The maximum atomic E-state index is 14.0. The van der Waals surface area contributed by atoms with Crippen molar-refractivity contribution >= 4 is 0 Å². The summed E-state index contributed by atoms with van der Waals surface area (Å²) in [6, 6.07) is 14.9. The Morgan fingerprint density at radius 2 is 1.30 bits per heavy atom. The second-order valence-corrected chi connectivity index (χ2v) is 5.84. The minimum atomic E-state index is -3.16. The Morgan fingerprint density at radius 3 is 1.87 bits per heavy atom. The largest absolute Gasteiger partial charge is 0.360 e. The van der Waals surface area contributed by atoms with Crippen LogP contribution in [0.4, 0.5) is 8.78 Å². The Kier molecular flexibility index (Phi) is 6.28. The van der Waals surface area contributed by atoms with Gasteiger partial charge in [0.2, 0.25) is 0 Å². The van der Waals surface area contributed by atoms with E-state index in [0.717, 1.165) is 24.8 Å². The molecule has 0 radical (unpaired) electrons. The van der Waals surface area contributed by atoms with Gasteiger partial charge in [0, 0.05) is 0 Å². The summed E-state index contributed by atoms with van der Waals surface area (Å²) in [5, 5.41) is 0. The number of hydrogen-bond acceptors (Lipinski definition) is 1. The average Bonchev–Trinajstić information content (AvgIpc) is 2.55. The van der Waals surface area contributed by atoms with Crippen molar-refractivity contribution < 1.29 is 13.5 Å². The van der Waals surface area contributed by atoms with Gasteiger partial charge in [-0.3, -0.25) is 0 Å². The van der Waals surface area contributed by atoms with Gasteiger partial charge in [0.05, 0.1) is 13.0 Å². The minimum absolute atomic E-state index is 0.0785. The molecule has 2 aromatic rings. The van der Waals surface area contributed by atoms with Crippen LogP contribution >= 0.6 is 0 Å². The first kappa shape index (κ1) is 17.6. The molecule has 124 valence electrons. The smallest absolute Gasteiger partial charge is 0.315 e. The number of hydrogen-bond donors (Lipinski definition) is 0. The topological polar surface area (TPSA) is 9.23 Å². The second-order valence-electron chi connectivity index (χ2n) is 5.84. The van der Waals surface area contributed by atoms with Gasteiger partial charge in [0.1, 0.15) is 0 Å². The number of ether oxygens (including phenoxy) is 1. The summed E-state index contributed by atoms with van der Waals surface area (Å²) >= 11 is 0. The molecular weight excluding hydrogens is 294 g/mol. The molecule has 0 atom stereocenters. The van der Waals surface area contributed by atoms with E-state index in [0.29, 0.717) is 5.56 Å². The Labute approximate surface area is 137 Å². The van der Waals surface area contributed by atoms with E-state index in [4.69, 9.17) is 4.74 Å². The van der Waals surface area contributed by atoms with Crippen LogP contribution < -0.4 is 0 Å². The van der Waals surface area contributed by atoms with Gasteiger partial charge in [-0.15, -0.1) is 0 Å². The van der Waals surface area contributed by atoms with Crippen LogP contribution in [-0.4, -0.2) is 6.11 Å². The zero-order valence-electron chi connectivity index (χ0n) is 13.8. The van der Waals surface area contributed by atoms with Gasteiger partial charge in [0.25, 0.3) is 0 Å². The number of alkyl halides is 2. The van der Waals surface area contributed by atoms with Crippen LogP contribution in [0.2, 0.25) is 0 Å². The monoisotopic (exact) mass is 318 g/mol. The van der Waals surface area contributed by atoms with Crippen molar-refractivity contribution in [3.63, 3.8) is 0 Å². The van der Waals surface area contributed by atoms with E-state index in [-0.39, 0.29) is 6.61 Å². The molecule has 0 spiro atoms. The van der Waals surface area contributed by atoms with Gasteiger partial charge in [0.15, 0.2) is 0 Å². The first-order valence-electron chi connectivity index (χ1n) is 8.20. The lowest BCUT2D eigenvalue weighted by molar-refractivity contribution is -0.244. The number of aryl methyl sites for hydroxylation is 2. The lowest BCUT2D eigenvalue weighted by atomic mass is 10.1. The van der Waals surface area contributed by atoms with E-state index < -0.39 is 12.5 Å². The quantitative estimate of drug-likeness (QED) is 0.619. The summed E-state index contributed by atoms with van der Waals surface area (Å²) in [5.74, 6) is 0. The van der Waals surface area contributed by atoms with Crippen LogP contribution in [0.25, 0.3) is 0 Å². The van der Waals surface area contributed by atoms with E-state index in [9.17, 15) is 8.78 Å². The minimum Gasteiger partial charge on any atom is -0.315 e. The Bertz CT molecular complexity index is 588. The van der Waals surface area contributed by atoms with Gasteiger partial charge in [-0.1, -0.05) is 68.8 Å². The third kappa shape index (κ3) is 5.76.